The molecule has 0 radical (unpaired) electrons. The van der Waals surface area contributed by atoms with Crippen LogP contribution >= 0.6 is 11.6 Å². The van der Waals surface area contributed by atoms with Gasteiger partial charge in [-0.05, 0) is 23.8 Å². The average molecular weight is 452 g/mol. The van der Waals surface area contributed by atoms with Gasteiger partial charge in [0.05, 0.1) is 18.2 Å². The van der Waals surface area contributed by atoms with E-state index in [1.165, 1.54) is 12.4 Å². The lowest BCUT2D eigenvalue weighted by atomic mass is 9.97. The summed E-state index contributed by atoms with van der Waals surface area (Å²) in [5.74, 6) is 0.874. The maximum Gasteiger partial charge on any atom is 0.227 e. The van der Waals surface area contributed by atoms with E-state index in [1.54, 1.807) is 12.1 Å². The van der Waals surface area contributed by atoms with Crippen LogP contribution in [-0.4, -0.2) is 52.1 Å². The van der Waals surface area contributed by atoms with Crippen LogP contribution in [0.3, 0.4) is 0 Å². The molecule has 1 saturated heterocycles. The second-order valence-electron chi connectivity index (χ2n) is 8.10. The number of aromatic nitrogens is 2. The van der Waals surface area contributed by atoms with Crippen LogP contribution in [0.2, 0.25) is 5.02 Å². The van der Waals surface area contributed by atoms with Gasteiger partial charge in [-0.3, -0.25) is 19.9 Å². The van der Waals surface area contributed by atoms with Crippen molar-refractivity contribution in [3.63, 3.8) is 0 Å². The van der Waals surface area contributed by atoms with Gasteiger partial charge in [-0.1, -0.05) is 23.7 Å². The van der Waals surface area contributed by atoms with Gasteiger partial charge in [-0.2, -0.15) is 0 Å². The Balaban J connectivity index is 1.35. The zero-order chi connectivity index (χ0) is 22.1. The molecule has 5 rings (SSSR count). The van der Waals surface area contributed by atoms with Crippen molar-refractivity contribution < 1.29 is 19.5 Å². The van der Waals surface area contributed by atoms with Crippen LogP contribution in [0.15, 0.2) is 61.1 Å². The van der Waals surface area contributed by atoms with E-state index >= 15 is 0 Å². The van der Waals surface area contributed by atoms with Crippen molar-refractivity contribution in [3.8, 4) is 5.75 Å². The topological polar surface area (TPSA) is 69.8 Å². The third-order valence-corrected chi connectivity index (χ3v) is 6.34. The maximum atomic E-state index is 12.8. The number of hydrogen-bond acceptors (Lipinski definition) is 5. The lowest BCUT2D eigenvalue weighted by molar-refractivity contribution is -0.904. The number of carbonyl (C=O) groups is 1. The van der Waals surface area contributed by atoms with E-state index in [-0.39, 0.29) is 11.9 Å². The standard InChI is InChI=1S/C24H24ClN4O3/c25-19-3-4-20-21(15-19)32-16-18-2-1-7-26-23(18)24(20)28-12-10-27(11-13-28)22(30)14-17-5-8-29(31)9-6-17/h1-9,15,24,31H,10-14,16H2/q+1. The van der Waals surface area contributed by atoms with Crippen LogP contribution in [0.5, 0.6) is 5.75 Å². The molecule has 2 aliphatic heterocycles. The first-order valence-corrected chi connectivity index (χ1v) is 11.0. The number of piperazine rings is 1. The zero-order valence-corrected chi connectivity index (χ0v) is 18.3. The summed E-state index contributed by atoms with van der Waals surface area (Å²) in [5, 5.41) is 10.0. The van der Waals surface area contributed by atoms with Crippen LogP contribution in [0.4, 0.5) is 0 Å². The first-order valence-electron chi connectivity index (χ1n) is 10.7. The number of pyridine rings is 2. The van der Waals surface area contributed by atoms with Gasteiger partial charge in [0.1, 0.15) is 12.4 Å². The summed E-state index contributed by atoms with van der Waals surface area (Å²) >= 11 is 6.24. The molecule has 1 amide bonds. The van der Waals surface area contributed by atoms with Crippen molar-refractivity contribution in [3.05, 3.63) is 88.5 Å². The molecular formula is C24H24ClN4O3+. The van der Waals surface area contributed by atoms with Crippen LogP contribution in [0.1, 0.15) is 28.4 Å². The third-order valence-electron chi connectivity index (χ3n) is 6.11. The Morgan fingerprint density at radius 3 is 2.72 bits per heavy atom. The molecule has 0 saturated carbocycles. The van der Waals surface area contributed by atoms with E-state index in [0.717, 1.165) is 46.0 Å². The van der Waals surface area contributed by atoms with Crippen molar-refractivity contribution in [2.45, 2.75) is 19.1 Å². The highest BCUT2D eigenvalue weighted by molar-refractivity contribution is 6.30. The first-order chi connectivity index (χ1) is 15.6. The molecule has 0 bridgehead atoms. The minimum Gasteiger partial charge on any atom is -0.488 e. The predicted molar refractivity (Wildman–Crippen MR) is 118 cm³/mol. The Hall–Kier alpha value is -3.16. The number of ether oxygens (including phenoxy) is 1. The van der Waals surface area contributed by atoms with Gasteiger partial charge in [0.15, 0.2) is 0 Å². The summed E-state index contributed by atoms with van der Waals surface area (Å²) in [7, 11) is 0. The summed E-state index contributed by atoms with van der Waals surface area (Å²) in [4.78, 5) is 21.8. The quantitative estimate of drug-likeness (QED) is 0.489. The average Bonchev–Trinajstić information content (AvgIpc) is 2.97. The smallest absolute Gasteiger partial charge is 0.227 e. The molecule has 1 aromatic carbocycles. The van der Waals surface area contributed by atoms with Crippen molar-refractivity contribution >= 4 is 17.5 Å². The molecule has 2 aliphatic rings. The molecule has 164 valence electrons. The Morgan fingerprint density at radius 2 is 1.94 bits per heavy atom. The molecule has 32 heavy (non-hydrogen) atoms. The number of amides is 1. The van der Waals surface area contributed by atoms with Crippen LogP contribution in [0.25, 0.3) is 0 Å². The molecule has 3 aromatic rings. The number of fused-ring (bicyclic) bond motifs is 2. The lowest BCUT2D eigenvalue weighted by Crippen LogP contribution is -2.50. The van der Waals surface area contributed by atoms with Crippen molar-refractivity contribution in [1.29, 1.82) is 0 Å². The van der Waals surface area contributed by atoms with Gasteiger partial charge in [0.2, 0.25) is 18.3 Å². The molecule has 7 nitrogen and oxygen atoms in total. The van der Waals surface area contributed by atoms with E-state index in [1.807, 2.05) is 35.4 Å². The molecule has 2 aromatic heterocycles. The molecular weight excluding hydrogens is 428 g/mol. The fourth-order valence-electron chi connectivity index (χ4n) is 4.43. The van der Waals surface area contributed by atoms with E-state index in [9.17, 15) is 10.0 Å². The van der Waals surface area contributed by atoms with Crippen LogP contribution < -0.4 is 9.47 Å². The molecule has 1 fully saturated rings. The third kappa shape index (κ3) is 4.13. The van der Waals surface area contributed by atoms with Gasteiger partial charge >= 0.3 is 0 Å². The number of hydrogen-bond donors (Lipinski definition) is 1. The fraction of sp³-hybridized carbons (Fsp3) is 0.292. The van der Waals surface area contributed by atoms with Gasteiger partial charge in [0, 0.05) is 65.4 Å². The number of carbonyl (C=O) groups excluding carboxylic acids is 1. The van der Waals surface area contributed by atoms with E-state index in [0.29, 0.717) is 31.1 Å². The monoisotopic (exact) mass is 451 g/mol. The number of halogens is 1. The van der Waals surface area contributed by atoms with Crippen molar-refractivity contribution in [1.82, 2.24) is 14.8 Å². The molecule has 4 heterocycles. The fourth-order valence-corrected chi connectivity index (χ4v) is 4.60. The molecule has 0 aliphatic carbocycles. The van der Waals surface area contributed by atoms with Crippen molar-refractivity contribution in [2.75, 3.05) is 26.2 Å². The SMILES string of the molecule is O=C(Cc1cc[n+](O)cc1)N1CCN(C2c3ccc(Cl)cc3OCc3cccnc32)CC1. The van der Waals surface area contributed by atoms with E-state index in [2.05, 4.69) is 11.0 Å². The van der Waals surface area contributed by atoms with Crippen molar-refractivity contribution in [2.24, 2.45) is 0 Å². The number of rotatable bonds is 3. The summed E-state index contributed by atoms with van der Waals surface area (Å²) in [6.45, 7) is 3.22. The highest BCUT2D eigenvalue weighted by atomic mass is 35.5. The lowest BCUT2D eigenvalue weighted by Gasteiger charge is -2.39. The minimum absolute atomic E-state index is 0.0488. The molecule has 1 unspecified atom stereocenters. The number of nitrogens with zero attached hydrogens (tertiary/aromatic N) is 4. The maximum absolute atomic E-state index is 12.8. The highest BCUT2D eigenvalue weighted by Gasteiger charge is 2.33. The highest BCUT2D eigenvalue weighted by Crippen LogP contribution is 2.40. The van der Waals surface area contributed by atoms with Gasteiger partial charge < -0.3 is 9.64 Å². The summed E-state index contributed by atoms with van der Waals surface area (Å²) in [6.07, 6.45) is 5.21. The second kappa shape index (κ2) is 8.76. The van der Waals surface area contributed by atoms with Gasteiger partial charge in [-0.15, -0.1) is 0 Å². The summed E-state index contributed by atoms with van der Waals surface area (Å²) in [6, 6.07) is 13.2. The number of benzene rings is 1. The molecule has 1 atom stereocenters. The largest absolute Gasteiger partial charge is 0.488 e. The Labute approximate surface area is 191 Å². The zero-order valence-electron chi connectivity index (χ0n) is 17.5. The molecule has 1 N–H and O–H groups in total. The Morgan fingerprint density at radius 1 is 1.16 bits per heavy atom. The van der Waals surface area contributed by atoms with Gasteiger partial charge in [0.25, 0.3) is 0 Å². The Bertz CT molecular complexity index is 1130. The first kappa shape index (κ1) is 20.7. The Kier molecular flexibility index (Phi) is 5.68. The summed E-state index contributed by atoms with van der Waals surface area (Å²) < 4.78 is 7.05. The summed E-state index contributed by atoms with van der Waals surface area (Å²) in [5.41, 5.74) is 3.99. The predicted octanol–water partition coefficient (Wildman–Crippen LogP) is 2.63. The normalized spacial score (nSPS) is 18.3. The second-order valence-corrected chi connectivity index (χ2v) is 8.54. The van der Waals surface area contributed by atoms with Gasteiger partial charge in [-0.25, -0.2) is 0 Å². The van der Waals surface area contributed by atoms with Crippen LogP contribution in [0, 0.1) is 0 Å². The molecule has 8 heteroatoms. The van der Waals surface area contributed by atoms with E-state index < -0.39 is 0 Å². The minimum atomic E-state index is -0.0488. The molecule has 0 spiro atoms. The van der Waals surface area contributed by atoms with E-state index in [4.69, 9.17) is 21.3 Å². The van der Waals surface area contributed by atoms with Crippen LogP contribution in [-0.2, 0) is 17.8 Å².